The Labute approximate surface area is 111 Å². The number of benzene rings is 1. The lowest BCUT2D eigenvalue weighted by Gasteiger charge is -2.31. The van der Waals surface area contributed by atoms with Gasteiger partial charge in [-0.3, -0.25) is 4.90 Å². The van der Waals surface area contributed by atoms with Crippen LogP contribution in [0.15, 0.2) is 30.3 Å². The first-order valence-electron chi connectivity index (χ1n) is 7.34. The van der Waals surface area contributed by atoms with Crippen molar-refractivity contribution in [2.45, 2.75) is 32.7 Å². The highest BCUT2D eigenvalue weighted by Crippen LogP contribution is 2.32. The quantitative estimate of drug-likeness (QED) is 0.758. The summed E-state index contributed by atoms with van der Waals surface area (Å²) in [6.45, 7) is 8.97. The minimum atomic E-state index is 0.525. The smallest absolute Gasteiger partial charge is 0.0472 e. The predicted molar refractivity (Wildman–Crippen MR) is 77.7 cm³/mol. The molecule has 1 atom stereocenters. The number of nitrogens with zero attached hydrogens (tertiary/aromatic N) is 1. The second-order valence-corrected chi connectivity index (χ2v) is 5.27. The van der Waals surface area contributed by atoms with Gasteiger partial charge < -0.3 is 5.32 Å². The molecule has 0 spiro atoms. The third-order valence-electron chi connectivity index (χ3n) is 3.81. The molecule has 2 heteroatoms. The maximum absolute atomic E-state index is 3.51. The molecule has 1 unspecified atom stereocenters. The zero-order chi connectivity index (χ0) is 12.8. The summed E-state index contributed by atoms with van der Waals surface area (Å²) < 4.78 is 0. The van der Waals surface area contributed by atoms with E-state index in [1.807, 2.05) is 0 Å². The van der Waals surface area contributed by atoms with E-state index in [1.165, 1.54) is 24.9 Å². The Bertz CT molecular complexity index is 332. The molecule has 1 aliphatic carbocycles. The Balaban J connectivity index is 2.06. The molecule has 0 aromatic heterocycles. The fourth-order valence-corrected chi connectivity index (χ4v) is 2.52. The van der Waals surface area contributed by atoms with Crippen LogP contribution in [0.1, 0.15) is 38.3 Å². The fraction of sp³-hybridized carbons (Fsp3) is 0.625. The Kier molecular flexibility index (Phi) is 5.21. The van der Waals surface area contributed by atoms with E-state index in [-0.39, 0.29) is 0 Å². The normalized spacial score (nSPS) is 17.1. The van der Waals surface area contributed by atoms with E-state index in [0.717, 1.165) is 25.6 Å². The summed E-state index contributed by atoms with van der Waals surface area (Å²) in [5.41, 5.74) is 1.45. The molecule has 1 fully saturated rings. The van der Waals surface area contributed by atoms with Crippen LogP contribution in [0, 0.1) is 5.92 Å². The molecule has 18 heavy (non-hydrogen) atoms. The van der Waals surface area contributed by atoms with Gasteiger partial charge in [-0.15, -0.1) is 0 Å². The number of hydrogen-bond donors (Lipinski definition) is 1. The molecule has 0 radical (unpaired) electrons. The predicted octanol–water partition coefficient (Wildman–Crippen LogP) is 3.07. The average molecular weight is 246 g/mol. The van der Waals surface area contributed by atoms with Gasteiger partial charge in [0.15, 0.2) is 0 Å². The third kappa shape index (κ3) is 3.82. The van der Waals surface area contributed by atoms with Crippen LogP contribution in [0.25, 0.3) is 0 Å². The van der Waals surface area contributed by atoms with E-state index in [4.69, 9.17) is 0 Å². The summed E-state index contributed by atoms with van der Waals surface area (Å²) in [6.07, 6.45) is 2.86. The first-order chi connectivity index (χ1) is 8.85. The molecule has 1 aromatic rings. The first-order valence-corrected chi connectivity index (χ1v) is 7.34. The Morgan fingerprint density at radius 3 is 2.50 bits per heavy atom. The van der Waals surface area contributed by atoms with E-state index in [2.05, 4.69) is 54.4 Å². The van der Waals surface area contributed by atoms with Crippen molar-refractivity contribution in [3.05, 3.63) is 35.9 Å². The van der Waals surface area contributed by atoms with E-state index in [1.54, 1.807) is 0 Å². The topological polar surface area (TPSA) is 15.3 Å². The van der Waals surface area contributed by atoms with E-state index >= 15 is 0 Å². The molecular formula is C16H26N2. The largest absolute Gasteiger partial charge is 0.315 e. The third-order valence-corrected chi connectivity index (χ3v) is 3.81. The van der Waals surface area contributed by atoms with Gasteiger partial charge in [0, 0.05) is 19.1 Å². The van der Waals surface area contributed by atoms with Crippen molar-refractivity contribution in [1.82, 2.24) is 10.2 Å². The Morgan fingerprint density at radius 1 is 1.22 bits per heavy atom. The SMILES string of the molecule is CCNCC(c1ccccc1)N(CC)CC1CC1. The van der Waals surface area contributed by atoms with Crippen LogP contribution < -0.4 is 5.32 Å². The standard InChI is InChI=1S/C16H26N2/c1-3-17-12-16(15-8-6-5-7-9-15)18(4-2)13-14-10-11-14/h5-9,14,16-17H,3-4,10-13H2,1-2H3. The van der Waals surface area contributed by atoms with Crippen LogP contribution in [-0.2, 0) is 0 Å². The minimum Gasteiger partial charge on any atom is -0.315 e. The summed E-state index contributed by atoms with van der Waals surface area (Å²) in [7, 11) is 0. The lowest BCUT2D eigenvalue weighted by Crippen LogP contribution is -2.37. The zero-order valence-electron chi connectivity index (χ0n) is 11.7. The summed E-state index contributed by atoms with van der Waals surface area (Å²) in [4.78, 5) is 2.63. The van der Waals surface area contributed by atoms with Gasteiger partial charge in [-0.25, -0.2) is 0 Å². The maximum atomic E-state index is 3.51. The molecule has 0 aliphatic heterocycles. The number of likely N-dealkylation sites (N-methyl/N-ethyl adjacent to an activating group) is 2. The Morgan fingerprint density at radius 2 is 1.94 bits per heavy atom. The molecule has 2 rings (SSSR count). The molecule has 100 valence electrons. The minimum absolute atomic E-state index is 0.525. The van der Waals surface area contributed by atoms with Crippen LogP contribution in [0.4, 0.5) is 0 Å². The van der Waals surface area contributed by atoms with Crippen molar-refractivity contribution >= 4 is 0 Å². The lowest BCUT2D eigenvalue weighted by molar-refractivity contribution is 0.195. The second-order valence-electron chi connectivity index (χ2n) is 5.27. The van der Waals surface area contributed by atoms with Crippen LogP contribution >= 0.6 is 0 Å². The van der Waals surface area contributed by atoms with Gasteiger partial charge in [-0.2, -0.15) is 0 Å². The Hall–Kier alpha value is -0.860. The van der Waals surface area contributed by atoms with Gasteiger partial charge in [-0.1, -0.05) is 44.2 Å². The molecule has 0 amide bonds. The highest BCUT2D eigenvalue weighted by atomic mass is 15.2. The van der Waals surface area contributed by atoms with Crippen LogP contribution in [0.3, 0.4) is 0 Å². The zero-order valence-corrected chi connectivity index (χ0v) is 11.7. The first kappa shape index (κ1) is 13.6. The molecule has 0 heterocycles. The molecular weight excluding hydrogens is 220 g/mol. The van der Waals surface area contributed by atoms with Crippen LogP contribution in [0.2, 0.25) is 0 Å². The van der Waals surface area contributed by atoms with Gasteiger partial charge in [0.1, 0.15) is 0 Å². The molecule has 2 nitrogen and oxygen atoms in total. The number of rotatable bonds is 8. The summed E-state index contributed by atoms with van der Waals surface area (Å²) in [6, 6.07) is 11.5. The average Bonchev–Trinajstić information content (AvgIpc) is 3.23. The van der Waals surface area contributed by atoms with Gasteiger partial charge in [0.2, 0.25) is 0 Å². The molecule has 1 saturated carbocycles. The number of nitrogens with one attached hydrogen (secondary N) is 1. The lowest BCUT2D eigenvalue weighted by atomic mass is 10.0. The monoisotopic (exact) mass is 246 g/mol. The van der Waals surface area contributed by atoms with Crippen molar-refractivity contribution in [3.8, 4) is 0 Å². The van der Waals surface area contributed by atoms with Crippen molar-refractivity contribution in [2.24, 2.45) is 5.92 Å². The molecule has 1 N–H and O–H groups in total. The van der Waals surface area contributed by atoms with Gasteiger partial charge in [-0.05, 0) is 37.4 Å². The van der Waals surface area contributed by atoms with E-state index in [9.17, 15) is 0 Å². The summed E-state index contributed by atoms with van der Waals surface area (Å²) in [5.74, 6) is 0.956. The molecule has 1 aliphatic rings. The highest BCUT2D eigenvalue weighted by Gasteiger charge is 2.27. The summed E-state index contributed by atoms with van der Waals surface area (Å²) >= 11 is 0. The second kappa shape index (κ2) is 6.91. The fourth-order valence-electron chi connectivity index (χ4n) is 2.52. The van der Waals surface area contributed by atoms with Crippen molar-refractivity contribution in [2.75, 3.05) is 26.2 Å². The van der Waals surface area contributed by atoms with Gasteiger partial charge in [0.05, 0.1) is 0 Å². The number of hydrogen-bond acceptors (Lipinski definition) is 2. The van der Waals surface area contributed by atoms with Crippen LogP contribution in [-0.4, -0.2) is 31.1 Å². The van der Waals surface area contributed by atoms with Crippen molar-refractivity contribution in [1.29, 1.82) is 0 Å². The molecule has 0 bridgehead atoms. The van der Waals surface area contributed by atoms with Gasteiger partial charge >= 0.3 is 0 Å². The van der Waals surface area contributed by atoms with E-state index in [0.29, 0.717) is 6.04 Å². The molecule has 1 aromatic carbocycles. The van der Waals surface area contributed by atoms with Crippen molar-refractivity contribution in [3.63, 3.8) is 0 Å². The summed E-state index contributed by atoms with van der Waals surface area (Å²) in [5, 5.41) is 3.51. The van der Waals surface area contributed by atoms with Gasteiger partial charge in [0.25, 0.3) is 0 Å². The van der Waals surface area contributed by atoms with Crippen LogP contribution in [0.5, 0.6) is 0 Å². The highest BCUT2D eigenvalue weighted by molar-refractivity contribution is 5.19. The van der Waals surface area contributed by atoms with E-state index < -0.39 is 0 Å². The van der Waals surface area contributed by atoms with Crippen molar-refractivity contribution < 1.29 is 0 Å². The molecule has 0 saturated heterocycles. The maximum Gasteiger partial charge on any atom is 0.0472 e.